The van der Waals surface area contributed by atoms with Crippen LogP contribution in [-0.4, -0.2) is 50.0 Å². The van der Waals surface area contributed by atoms with E-state index in [-0.39, 0.29) is 35.6 Å². The highest BCUT2D eigenvalue weighted by molar-refractivity contribution is 7.92. The Kier molecular flexibility index (Phi) is 10.6. The van der Waals surface area contributed by atoms with Crippen molar-refractivity contribution in [3.8, 4) is 0 Å². The number of carbonyl (C=O) groups excluding carboxylic acids is 2. The summed E-state index contributed by atoms with van der Waals surface area (Å²) in [6.45, 7) is 1.46. The van der Waals surface area contributed by atoms with Crippen molar-refractivity contribution in [1.29, 1.82) is 0 Å². The lowest BCUT2D eigenvalue weighted by atomic mass is 9.94. The van der Waals surface area contributed by atoms with E-state index in [0.29, 0.717) is 0 Å². The first-order chi connectivity index (χ1) is 20.0. The average Bonchev–Trinajstić information content (AvgIpc) is 2.96. The number of sulfonamides is 1. The van der Waals surface area contributed by atoms with E-state index in [4.69, 9.17) is 11.6 Å². The normalized spacial score (nSPS) is 14.7. The van der Waals surface area contributed by atoms with Gasteiger partial charge in [0, 0.05) is 19.0 Å². The summed E-state index contributed by atoms with van der Waals surface area (Å²) in [6.07, 6.45) is 6.17. The summed E-state index contributed by atoms with van der Waals surface area (Å²) in [4.78, 5) is 29.6. The van der Waals surface area contributed by atoms with Gasteiger partial charge in [-0.05, 0) is 49.1 Å². The molecular formula is C32H37ClFN3O4S. The molecule has 0 spiro atoms. The molecule has 224 valence electrons. The van der Waals surface area contributed by atoms with E-state index in [1.165, 1.54) is 17.0 Å². The Labute approximate surface area is 252 Å². The molecule has 1 fully saturated rings. The van der Waals surface area contributed by atoms with Crippen LogP contribution in [0.3, 0.4) is 0 Å². The lowest BCUT2D eigenvalue weighted by Gasteiger charge is -2.35. The van der Waals surface area contributed by atoms with Gasteiger partial charge in [-0.15, -0.1) is 0 Å². The summed E-state index contributed by atoms with van der Waals surface area (Å²) in [5, 5.41) is 2.91. The van der Waals surface area contributed by atoms with E-state index in [1.807, 2.05) is 61.5 Å². The van der Waals surface area contributed by atoms with Crippen molar-refractivity contribution in [2.45, 2.75) is 64.1 Å². The molecule has 42 heavy (non-hydrogen) atoms. The fourth-order valence-corrected chi connectivity index (χ4v) is 6.26. The molecule has 3 aromatic carbocycles. The molecule has 7 nitrogen and oxygen atoms in total. The molecule has 0 aliphatic heterocycles. The van der Waals surface area contributed by atoms with Crippen LogP contribution in [0.2, 0.25) is 5.02 Å². The molecule has 0 heterocycles. The fourth-order valence-electron chi connectivity index (χ4n) is 5.24. The van der Waals surface area contributed by atoms with Crippen molar-refractivity contribution in [2.24, 2.45) is 0 Å². The van der Waals surface area contributed by atoms with E-state index in [1.54, 1.807) is 0 Å². The third-order valence-corrected chi connectivity index (χ3v) is 9.00. The first-order valence-electron chi connectivity index (χ1n) is 14.1. The molecule has 1 saturated carbocycles. The molecule has 4 rings (SSSR count). The zero-order chi connectivity index (χ0) is 30.3. The van der Waals surface area contributed by atoms with Crippen LogP contribution in [0.15, 0.2) is 72.8 Å². The highest BCUT2D eigenvalue weighted by atomic mass is 35.5. The van der Waals surface area contributed by atoms with Gasteiger partial charge in [-0.25, -0.2) is 12.8 Å². The van der Waals surface area contributed by atoms with E-state index in [9.17, 15) is 22.4 Å². The first kappa shape index (κ1) is 31.5. The molecule has 1 N–H and O–H groups in total. The number of rotatable bonds is 11. The smallest absolute Gasteiger partial charge is 0.244 e. The maximum absolute atomic E-state index is 14.2. The molecule has 3 aromatic rings. The predicted molar refractivity (Wildman–Crippen MR) is 164 cm³/mol. The molecule has 1 aliphatic rings. The summed E-state index contributed by atoms with van der Waals surface area (Å²) >= 11 is 5.96. The number of halogens is 2. The fraction of sp³-hybridized carbons (Fsp3) is 0.375. The largest absolute Gasteiger partial charge is 0.352 e. The van der Waals surface area contributed by atoms with Gasteiger partial charge in [0.2, 0.25) is 21.8 Å². The topological polar surface area (TPSA) is 86.8 Å². The zero-order valence-corrected chi connectivity index (χ0v) is 25.5. The lowest BCUT2D eigenvalue weighted by molar-refractivity contribution is -0.140. The van der Waals surface area contributed by atoms with Gasteiger partial charge >= 0.3 is 0 Å². The monoisotopic (exact) mass is 613 g/mol. The van der Waals surface area contributed by atoms with E-state index < -0.39 is 34.3 Å². The Balaban J connectivity index is 1.72. The Morgan fingerprint density at radius 2 is 1.64 bits per heavy atom. The second kappa shape index (κ2) is 14.2. The van der Waals surface area contributed by atoms with Crippen molar-refractivity contribution in [3.05, 3.63) is 100 Å². The van der Waals surface area contributed by atoms with Gasteiger partial charge in [-0.3, -0.25) is 13.9 Å². The van der Waals surface area contributed by atoms with Crippen LogP contribution in [0, 0.1) is 12.7 Å². The molecule has 1 atom stereocenters. The van der Waals surface area contributed by atoms with Crippen LogP contribution in [0.4, 0.5) is 10.1 Å². The highest BCUT2D eigenvalue weighted by Crippen LogP contribution is 2.26. The molecule has 0 radical (unpaired) electrons. The minimum absolute atomic E-state index is 0.0229. The summed E-state index contributed by atoms with van der Waals surface area (Å²) in [5.41, 5.74) is 2.77. The van der Waals surface area contributed by atoms with Crippen molar-refractivity contribution in [3.63, 3.8) is 0 Å². The molecule has 0 unspecified atom stereocenters. The van der Waals surface area contributed by atoms with Crippen molar-refractivity contribution >= 4 is 39.1 Å². The number of anilines is 1. The molecule has 2 amide bonds. The number of nitrogens with one attached hydrogen (secondary N) is 1. The Hall–Kier alpha value is -3.43. The highest BCUT2D eigenvalue weighted by Gasteiger charge is 2.34. The maximum Gasteiger partial charge on any atom is 0.244 e. The number of hydrogen-bond donors (Lipinski definition) is 1. The van der Waals surface area contributed by atoms with Gasteiger partial charge < -0.3 is 10.2 Å². The lowest BCUT2D eigenvalue weighted by Crippen LogP contribution is -2.55. The van der Waals surface area contributed by atoms with Crippen LogP contribution in [0.25, 0.3) is 0 Å². The van der Waals surface area contributed by atoms with E-state index in [0.717, 1.165) is 65.4 Å². The summed E-state index contributed by atoms with van der Waals surface area (Å²) in [6, 6.07) is 19.7. The molecule has 0 bridgehead atoms. The van der Waals surface area contributed by atoms with Crippen LogP contribution in [0.1, 0.15) is 48.8 Å². The van der Waals surface area contributed by atoms with Crippen LogP contribution in [-0.2, 0) is 32.6 Å². The van der Waals surface area contributed by atoms with Gasteiger partial charge in [-0.1, -0.05) is 91.0 Å². The van der Waals surface area contributed by atoms with E-state index >= 15 is 0 Å². The Morgan fingerprint density at radius 3 is 2.26 bits per heavy atom. The van der Waals surface area contributed by atoms with Crippen LogP contribution in [0.5, 0.6) is 0 Å². The van der Waals surface area contributed by atoms with Gasteiger partial charge in [0.25, 0.3) is 0 Å². The number of nitrogens with zero attached hydrogens (tertiary/aromatic N) is 2. The minimum atomic E-state index is -3.98. The van der Waals surface area contributed by atoms with Crippen molar-refractivity contribution in [2.75, 3.05) is 17.1 Å². The molecule has 1 aliphatic carbocycles. The number of amides is 2. The average molecular weight is 614 g/mol. The molecular weight excluding hydrogens is 577 g/mol. The van der Waals surface area contributed by atoms with Crippen molar-refractivity contribution < 1.29 is 22.4 Å². The third kappa shape index (κ3) is 8.55. The number of benzene rings is 3. The first-order valence-corrected chi connectivity index (χ1v) is 16.4. The molecule has 0 saturated heterocycles. The van der Waals surface area contributed by atoms with Gasteiger partial charge in [-0.2, -0.15) is 0 Å². The summed E-state index contributed by atoms with van der Waals surface area (Å²) in [5.74, 6) is -1.55. The predicted octanol–water partition coefficient (Wildman–Crippen LogP) is 5.64. The Morgan fingerprint density at radius 1 is 0.976 bits per heavy atom. The molecule has 10 heteroatoms. The Bertz CT molecular complexity index is 1480. The molecule has 0 aromatic heterocycles. The number of carbonyl (C=O) groups is 2. The van der Waals surface area contributed by atoms with Gasteiger partial charge in [0.15, 0.2) is 0 Å². The second-order valence-electron chi connectivity index (χ2n) is 10.9. The zero-order valence-electron chi connectivity index (χ0n) is 23.9. The minimum Gasteiger partial charge on any atom is -0.352 e. The summed E-state index contributed by atoms with van der Waals surface area (Å²) in [7, 11) is -3.98. The third-order valence-electron chi connectivity index (χ3n) is 7.57. The van der Waals surface area contributed by atoms with Crippen molar-refractivity contribution in [1.82, 2.24) is 10.2 Å². The number of hydrogen-bond acceptors (Lipinski definition) is 4. The maximum atomic E-state index is 14.2. The second-order valence-corrected chi connectivity index (χ2v) is 13.2. The van der Waals surface area contributed by atoms with Crippen LogP contribution < -0.4 is 9.62 Å². The van der Waals surface area contributed by atoms with E-state index in [2.05, 4.69) is 5.32 Å². The van der Waals surface area contributed by atoms with Gasteiger partial charge in [0.1, 0.15) is 18.4 Å². The standard InChI is InChI=1S/C32H37ClFN3O4S/c1-23-13-15-25(16-14-23)21-36(31(38)22-37(42(2,40)41)27-17-18-29(34)28(33)20-27)30(19-24-9-5-3-6-10-24)32(39)35-26-11-7-4-8-12-26/h3,5-6,9-10,13-18,20,26,30H,4,7-8,11-12,19,21-22H2,1-2H3,(H,35,39)/t30-/m1/s1. The number of aryl methyl sites for hydroxylation is 1. The SMILES string of the molecule is Cc1ccc(CN(C(=O)CN(c2ccc(F)c(Cl)c2)S(C)(=O)=O)[C@H](Cc2ccccc2)C(=O)NC2CCCCC2)cc1. The van der Waals surface area contributed by atoms with Gasteiger partial charge in [0.05, 0.1) is 17.0 Å². The van der Waals surface area contributed by atoms with Crippen LogP contribution >= 0.6 is 11.6 Å². The quantitative estimate of drug-likeness (QED) is 0.303. The summed E-state index contributed by atoms with van der Waals surface area (Å²) < 4.78 is 40.5.